The number of halogens is 1. The summed E-state index contributed by atoms with van der Waals surface area (Å²) < 4.78 is 34.4. The van der Waals surface area contributed by atoms with Crippen molar-refractivity contribution in [3.8, 4) is 11.5 Å². The number of benzene rings is 2. The molecule has 6 nitrogen and oxygen atoms in total. The number of carbonyl (C=O) groups excluding carboxylic acids is 1. The molecule has 1 atom stereocenters. The third-order valence-electron chi connectivity index (χ3n) is 4.49. The van der Waals surface area contributed by atoms with E-state index >= 15 is 0 Å². The second-order valence-corrected chi connectivity index (χ2v) is 8.77. The van der Waals surface area contributed by atoms with E-state index in [4.69, 9.17) is 21.1 Å². The molecule has 0 unspecified atom stereocenters. The molecule has 2 aromatic rings. The fourth-order valence-electron chi connectivity index (χ4n) is 2.98. The first kappa shape index (κ1) is 20.2. The highest BCUT2D eigenvalue weighted by molar-refractivity contribution is 7.94. The standard InChI is InChI=1S/C20H20ClNO5S/c1-13-4-5-15(10-19(13)21)22(16-6-7-28(24,25)12-16)20(23)14-8-17(26-2)11-18(9-14)27-3/h4-11,16H,12H2,1-3H3/t16-/m0/s1. The van der Waals surface area contributed by atoms with Crippen molar-refractivity contribution in [3.63, 3.8) is 0 Å². The number of aryl methyl sites for hydroxylation is 1. The Labute approximate surface area is 169 Å². The van der Waals surface area contributed by atoms with Crippen molar-refractivity contribution < 1.29 is 22.7 Å². The van der Waals surface area contributed by atoms with Crippen LogP contribution in [0.2, 0.25) is 5.02 Å². The molecule has 8 heteroatoms. The summed E-state index contributed by atoms with van der Waals surface area (Å²) in [5.74, 6) is 0.341. The lowest BCUT2D eigenvalue weighted by Crippen LogP contribution is -2.41. The van der Waals surface area contributed by atoms with Crippen molar-refractivity contribution in [1.29, 1.82) is 0 Å². The molecule has 0 bridgehead atoms. The Kier molecular flexibility index (Phi) is 5.67. The summed E-state index contributed by atoms with van der Waals surface area (Å²) >= 11 is 6.25. The molecule has 1 aliphatic rings. The number of hydrogen-bond acceptors (Lipinski definition) is 5. The Morgan fingerprint density at radius 3 is 2.25 bits per heavy atom. The van der Waals surface area contributed by atoms with Crippen LogP contribution in [-0.2, 0) is 9.84 Å². The van der Waals surface area contributed by atoms with Crippen LogP contribution in [0.15, 0.2) is 47.9 Å². The van der Waals surface area contributed by atoms with Gasteiger partial charge in [-0.05, 0) is 42.8 Å². The molecule has 3 rings (SSSR count). The summed E-state index contributed by atoms with van der Waals surface area (Å²) in [6, 6.07) is 9.37. The lowest BCUT2D eigenvalue weighted by atomic mass is 10.1. The Morgan fingerprint density at radius 1 is 1.11 bits per heavy atom. The molecular formula is C20H20ClNO5S. The molecule has 0 spiro atoms. The zero-order valence-electron chi connectivity index (χ0n) is 15.7. The highest BCUT2D eigenvalue weighted by Crippen LogP contribution is 2.31. The minimum atomic E-state index is -3.36. The molecule has 0 aliphatic carbocycles. The molecule has 1 aliphatic heterocycles. The van der Waals surface area contributed by atoms with Gasteiger partial charge in [0, 0.05) is 27.7 Å². The predicted molar refractivity (Wildman–Crippen MR) is 109 cm³/mol. The van der Waals surface area contributed by atoms with E-state index in [0.29, 0.717) is 27.8 Å². The van der Waals surface area contributed by atoms with Gasteiger partial charge < -0.3 is 14.4 Å². The largest absolute Gasteiger partial charge is 0.497 e. The highest BCUT2D eigenvalue weighted by atomic mass is 35.5. The van der Waals surface area contributed by atoms with Crippen LogP contribution in [0, 0.1) is 6.92 Å². The van der Waals surface area contributed by atoms with Gasteiger partial charge in [-0.15, -0.1) is 0 Å². The number of methoxy groups -OCH3 is 2. The average molecular weight is 422 g/mol. The van der Waals surface area contributed by atoms with Crippen molar-refractivity contribution in [2.24, 2.45) is 0 Å². The summed E-state index contributed by atoms with van der Waals surface area (Å²) in [5.41, 5.74) is 1.68. The van der Waals surface area contributed by atoms with Gasteiger partial charge in [-0.3, -0.25) is 4.79 Å². The number of rotatable bonds is 5. The van der Waals surface area contributed by atoms with Crippen LogP contribution < -0.4 is 14.4 Å². The lowest BCUT2D eigenvalue weighted by Gasteiger charge is -2.28. The number of ether oxygens (including phenoxy) is 2. The van der Waals surface area contributed by atoms with Crippen LogP contribution in [-0.4, -0.2) is 40.3 Å². The molecule has 0 N–H and O–H groups in total. The van der Waals surface area contributed by atoms with E-state index in [1.54, 1.807) is 36.4 Å². The van der Waals surface area contributed by atoms with Crippen molar-refractivity contribution in [1.82, 2.24) is 0 Å². The fraction of sp³-hybridized carbons (Fsp3) is 0.250. The van der Waals surface area contributed by atoms with Gasteiger partial charge in [0.2, 0.25) is 0 Å². The van der Waals surface area contributed by atoms with Gasteiger partial charge in [0.15, 0.2) is 9.84 Å². The smallest absolute Gasteiger partial charge is 0.259 e. The van der Waals surface area contributed by atoms with Gasteiger partial charge in [-0.1, -0.05) is 17.7 Å². The van der Waals surface area contributed by atoms with Gasteiger partial charge >= 0.3 is 0 Å². The quantitative estimate of drug-likeness (QED) is 0.737. The summed E-state index contributed by atoms with van der Waals surface area (Å²) in [7, 11) is -0.379. The average Bonchev–Trinajstić information content (AvgIpc) is 3.03. The van der Waals surface area contributed by atoms with Crippen molar-refractivity contribution in [3.05, 3.63) is 64.0 Å². The first-order chi connectivity index (χ1) is 13.2. The minimum Gasteiger partial charge on any atom is -0.497 e. The van der Waals surface area contributed by atoms with Crippen LogP contribution in [0.4, 0.5) is 5.69 Å². The maximum absolute atomic E-state index is 13.4. The molecule has 0 radical (unpaired) electrons. The molecule has 0 saturated carbocycles. The molecule has 0 aromatic heterocycles. The number of anilines is 1. The van der Waals surface area contributed by atoms with E-state index in [-0.39, 0.29) is 11.7 Å². The zero-order chi connectivity index (χ0) is 20.5. The number of carbonyl (C=O) groups is 1. The summed E-state index contributed by atoms with van der Waals surface area (Å²) in [4.78, 5) is 14.9. The summed E-state index contributed by atoms with van der Waals surface area (Å²) in [6.45, 7) is 1.85. The first-order valence-corrected chi connectivity index (χ1v) is 10.6. The molecule has 28 heavy (non-hydrogen) atoms. The number of hydrogen-bond donors (Lipinski definition) is 0. The molecule has 1 heterocycles. The van der Waals surface area contributed by atoms with E-state index in [2.05, 4.69) is 0 Å². The topological polar surface area (TPSA) is 72.9 Å². The monoisotopic (exact) mass is 421 g/mol. The van der Waals surface area contributed by atoms with Crippen LogP contribution in [0.1, 0.15) is 15.9 Å². The Hall–Kier alpha value is -2.51. The lowest BCUT2D eigenvalue weighted by molar-refractivity contribution is 0.0982. The SMILES string of the molecule is COc1cc(OC)cc(C(=O)N(c2ccc(C)c(Cl)c2)[C@H]2C=CS(=O)(=O)C2)c1. The van der Waals surface area contributed by atoms with E-state index in [9.17, 15) is 13.2 Å². The Balaban J connectivity index is 2.10. The second-order valence-electron chi connectivity index (χ2n) is 6.44. The normalized spacial score (nSPS) is 17.4. The number of amides is 1. The number of nitrogens with zero attached hydrogens (tertiary/aromatic N) is 1. The molecule has 148 valence electrons. The number of sulfone groups is 1. The van der Waals surface area contributed by atoms with Gasteiger partial charge in [-0.25, -0.2) is 8.42 Å². The zero-order valence-corrected chi connectivity index (χ0v) is 17.3. The van der Waals surface area contributed by atoms with Gasteiger partial charge in [0.05, 0.1) is 26.0 Å². The molecular weight excluding hydrogens is 402 g/mol. The molecule has 2 aromatic carbocycles. The van der Waals surface area contributed by atoms with Crippen molar-refractivity contribution in [2.75, 3.05) is 24.9 Å². The highest BCUT2D eigenvalue weighted by Gasteiger charge is 2.32. The van der Waals surface area contributed by atoms with E-state index in [0.717, 1.165) is 11.0 Å². The van der Waals surface area contributed by atoms with Gasteiger partial charge in [0.1, 0.15) is 11.5 Å². The third-order valence-corrected chi connectivity index (χ3v) is 6.28. The van der Waals surface area contributed by atoms with Crippen molar-refractivity contribution >= 4 is 33.0 Å². The van der Waals surface area contributed by atoms with Crippen LogP contribution >= 0.6 is 11.6 Å². The van der Waals surface area contributed by atoms with E-state index < -0.39 is 15.9 Å². The third kappa shape index (κ3) is 4.15. The Morgan fingerprint density at radius 2 is 1.75 bits per heavy atom. The minimum absolute atomic E-state index is 0.189. The predicted octanol–water partition coefficient (Wildman–Crippen LogP) is 3.62. The maximum Gasteiger partial charge on any atom is 0.259 e. The summed E-state index contributed by atoms with van der Waals surface area (Å²) in [6.07, 6.45) is 1.51. The van der Waals surface area contributed by atoms with Crippen LogP contribution in [0.25, 0.3) is 0 Å². The Bertz CT molecular complexity index is 1030. The molecule has 1 amide bonds. The fourth-order valence-corrected chi connectivity index (χ4v) is 4.42. The van der Waals surface area contributed by atoms with E-state index in [1.807, 2.05) is 6.92 Å². The maximum atomic E-state index is 13.4. The first-order valence-electron chi connectivity index (χ1n) is 8.48. The molecule has 0 fully saturated rings. The van der Waals surface area contributed by atoms with Crippen LogP contribution in [0.5, 0.6) is 11.5 Å². The van der Waals surface area contributed by atoms with Gasteiger partial charge in [0.25, 0.3) is 5.91 Å². The van der Waals surface area contributed by atoms with Gasteiger partial charge in [-0.2, -0.15) is 0 Å². The summed E-state index contributed by atoms with van der Waals surface area (Å²) in [5, 5.41) is 1.63. The van der Waals surface area contributed by atoms with E-state index in [1.165, 1.54) is 25.2 Å². The molecule has 0 saturated heterocycles. The van der Waals surface area contributed by atoms with Crippen LogP contribution in [0.3, 0.4) is 0 Å². The second kappa shape index (κ2) is 7.85. The van der Waals surface area contributed by atoms with Crippen molar-refractivity contribution in [2.45, 2.75) is 13.0 Å².